The molecule has 3 amide bonds. The Morgan fingerprint density at radius 1 is 1.11 bits per heavy atom. The van der Waals surface area contributed by atoms with Gasteiger partial charge in [-0.1, -0.05) is 17.7 Å². The van der Waals surface area contributed by atoms with Crippen LogP contribution in [0.5, 0.6) is 5.75 Å². The molecule has 1 heterocycles. The minimum Gasteiger partial charge on any atom is -0.507 e. The van der Waals surface area contributed by atoms with E-state index in [2.05, 4.69) is 5.32 Å². The molecule has 3 rings (SSSR count). The summed E-state index contributed by atoms with van der Waals surface area (Å²) in [7, 11) is 0. The zero-order valence-electron chi connectivity index (χ0n) is 15.8. The molecule has 1 fully saturated rings. The van der Waals surface area contributed by atoms with Crippen molar-refractivity contribution in [1.29, 1.82) is 0 Å². The summed E-state index contributed by atoms with van der Waals surface area (Å²) >= 11 is 0.751. The topological polar surface area (TPSA) is 86.7 Å². The highest BCUT2D eigenvalue weighted by molar-refractivity contribution is 8.18. The third-order valence-electron chi connectivity index (χ3n) is 4.44. The average Bonchev–Trinajstić information content (AvgIpc) is 2.89. The van der Waals surface area contributed by atoms with E-state index in [-0.39, 0.29) is 17.2 Å². The molecule has 144 valence electrons. The summed E-state index contributed by atoms with van der Waals surface area (Å²) < 4.78 is 0. The zero-order valence-corrected chi connectivity index (χ0v) is 16.6. The second-order valence-corrected chi connectivity index (χ2v) is 7.67. The number of imide groups is 1. The van der Waals surface area contributed by atoms with Crippen molar-refractivity contribution in [3.63, 3.8) is 0 Å². The van der Waals surface area contributed by atoms with Crippen LogP contribution in [0.25, 0.3) is 6.08 Å². The van der Waals surface area contributed by atoms with Gasteiger partial charge in [0.2, 0.25) is 5.91 Å². The molecule has 2 aromatic rings. The quantitative estimate of drug-likeness (QED) is 0.763. The van der Waals surface area contributed by atoms with Gasteiger partial charge in [-0.15, -0.1) is 0 Å². The number of rotatable bonds is 4. The number of phenolic OH excluding ortho intramolecular Hbond substituents is 1. The minimum absolute atomic E-state index is 0.0184. The lowest BCUT2D eigenvalue weighted by Crippen LogP contribution is -2.36. The van der Waals surface area contributed by atoms with Gasteiger partial charge in [-0.2, -0.15) is 0 Å². The summed E-state index contributed by atoms with van der Waals surface area (Å²) in [6, 6.07) is 10.5. The molecule has 1 aliphatic heterocycles. The number of anilines is 1. The number of amides is 3. The number of benzene rings is 2. The molecule has 0 aromatic heterocycles. The highest BCUT2D eigenvalue weighted by Gasteiger charge is 2.36. The molecule has 1 saturated heterocycles. The normalized spacial score (nSPS) is 15.4. The van der Waals surface area contributed by atoms with Gasteiger partial charge in [0, 0.05) is 11.3 Å². The van der Waals surface area contributed by atoms with E-state index in [9.17, 15) is 19.5 Å². The van der Waals surface area contributed by atoms with E-state index < -0.39 is 17.1 Å². The van der Waals surface area contributed by atoms with Crippen molar-refractivity contribution >= 4 is 40.6 Å². The predicted octanol–water partition coefficient (Wildman–Crippen LogP) is 3.99. The van der Waals surface area contributed by atoms with Crippen LogP contribution in [0.15, 0.2) is 41.3 Å². The molecule has 0 bridgehead atoms. The van der Waals surface area contributed by atoms with Gasteiger partial charge in [0.15, 0.2) is 0 Å². The van der Waals surface area contributed by atoms with Crippen LogP contribution in [0.2, 0.25) is 0 Å². The number of carbonyl (C=O) groups is 3. The minimum atomic E-state index is -0.550. The molecule has 2 N–H and O–H groups in total. The van der Waals surface area contributed by atoms with Crippen LogP contribution in [-0.4, -0.2) is 33.6 Å². The molecular weight excluding hydrogens is 376 g/mol. The van der Waals surface area contributed by atoms with E-state index in [1.54, 1.807) is 18.2 Å². The number of hydrogen-bond donors (Lipinski definition) is 2. The predicted molar refractivity (Wildman–Crippen MR) is 110 cm³/mol. The SMILES string of the molecule is Cc1ccc(O)c(C=C2SC(=O)N(CC(=O)Nc3ccc(C)c(C)c3)C2=O)c1. The molecule has 1 aliphatic rings. The van der Waals surface area contributed by atoms with Crippen molar-refractivity contribution in [1.82, 2.24) is 4.90 Å². The lowest BCUT2D eigenvalue weighted by Gasteiger charge is -2.13. The number of hydrogen-bond acceptors (Lipinski definition) is 5. The Labute approximate surface area is 167 Å². The van der Waals surface area contributed by atoms with Crippen LogP contribution in [0.1, 0.15) is 22.3 Å². The van der Waals surface area contributed by atoms with Crippen LogP contribution in [0.3, 0.4) is 0 Å². The number of nitrogens with zero attached hydrogens (tertiary/aromatic N) is 1. The Kier molecular flexibility index (Phi) is 5.56. The summed E-state index contributed by atoms with van der Waals surface area (Å²) in [5.41, 5.74) is 4.11. The summed E-state index contributed by atoms with van der Waals surface area (Å²) in [6.45, 7) is 5.40. The monoisotopic (exact) mass is 396 g/mol. The van der Waals surface area contributed by atoms with Crippen LogP contribution in [-0.2, 0) is 9.59 Å². The van der Waals surface area contributed by atoms with E-state index in [0.717, 1.165) is 33.4 Å². The molecule has 0 saturated carbocycles. The van der Waals surface area contributed by atoms with Gasteiger partial charge >= 0.3 is 0 Å². The fourth-order valence-electron chi connectivity index (χ4n) is 2.73. The van der Waals surface area contributed by atoms with Gasteiger partial charge in [-0.05, 0) is 74.0 Å². The number of carbonyl (C=O) groups excluding carboxylic acids is 3. The number of phenols is 1. The summed E-state index contributed by atoms with van der Waals surface area (Å²) in [5.74, 6) is -0.985. The Morgan fingerprint density at radius 3 is 2.57 bits per heavy atom. The van der Waals surface area contributed by atoms with E-state index in [1.807, 2.05) is 32.9 Å². The van der Waals surface area contributed by atoms with Crippen LogP contribution in [0.4, 0.5) is 10.5 Å². The largest absolute Gasteiger partial charge is 0.507 e. The van der Waals surface area contributed by atoms with Crippen LogP contribution >= 0.6 is 11.8 Å². The van der Waals surface area contributed by atoms with Crippen molar-refractivity contribution < 1.29 is 19.5 Å². The Morgan fingerprint density at radius 2 is 1.86 bits per heavy atom. The summed E-state index contributed by atoms with van der Waals surface area (Å²) in [5, 5.41) is 12.1. The fraction of sp³-hybridized carbons (Fsp3) is 0.190. The first-order chi connectivity index (χ1) is 13.2. The average molecular weight is 396 g/mol. The van der Waals surface area contributed by atoms with Gasteiger partial charge in [0.25, 0.3) is 11.1 Å². The van der Waals surface area contributed by atoms with Crippen molar-refractivity contribution in [2.45, 2.75) is 20.8 Å². The first kappa shape index (κ1) is 19.7. The van der Waals surface area contributed by atoms with Crippen LogP contribution < -0.4 is 5.32 Å². The van der Waals surface area contributed by atoms with Gasteiger partial charge in [0.05, 0.1) is 4.91 Å². The fourth-order valence-corrected chi connectivity index (χ4v) is 3.56. The molecule has 0 atom stereocenters. The number of nitrogens with one attached hydrogen (secondary N) is 1. The maximum absolute atomic E-state index is 12.6. The van der Waals surface area contributed by atoms with Crippen molar-refractivity contribution in [2.75, 3.05) is 11.9 Å². The molecule has 2 aromatic carbocycles. The van der Waals surface area contributed by atoms with Gasteiger partial charge in [-0.25, -0.2) is 0 Å². The molecule has 0 spiro atoms. The van der Waals surface area contributed by atoms with Crippen LogP contribution in [0, 0.1) is 20.8 Å². The maximum atomic E-state index is 12.6. The third kappa shape index (κ3) is 4.26. The number of thioether (sulfide) groups is 1. The highest BCUT2D eigenvalue weighted by atomic mass is 32.2. The Balaban J connectivity index is 1.72. The van der Waals surface area contributed by atoms with Crippen molar-refractivity contribution in [2.24, 2.45) is 0 Å². The van der Waals surface area contributed by atoms with Gasteiger partial charge < -0.3 is 10.4 Å². The molecule has 0 aliphatic carbocycles. The molecule has 28 heavy (non-hydrogen) atoms. The second kappa shape index (κ2) is 7.90. The van der Waals surface area contributed by atoms with Crippen molar-refractivity contribution in [3.8, 4) is 5.75 Å². The van der Waals surface area contributed by atoms with E-state index >= 15 is 0 Å². The van der Waals surface area contributed by atoms with E-state index in [0.29, 0.717) is 11.3 Å². The molecule has 6 nitrogen and oxygen atoms in total. The highest BCUT2D eigenvalue weighted by Crippen LogP contribution is 2.33. The van der Waals surface area contributed by atoms with Gasteiger partial charge in [0.1, 0.15) is 12.3 Å². The third-order valence-corrected chi connectivity index (χ3v) is 5.34. The summed E-state index contributed by atoms with van der Waals surface area (Å²) in [4.78, 5) is 38.1. The summed E-state index contributed by atoms with van der Waals surface area (Å²) in [6.07, 6.45) is 1.47. The molecular formula is C21H20N2O4S. The first-order valence-corrected chi connectivity index (χ1v) is 9.48. The standard InChI is InChI=1S/C21H20N2O4S/c1-12-4-7-17(24)15(8-12)10-18-20(26)23(21(27)28-18)11-19(25)22-16-6-5-13(2)14(3)9-16/h4-10,24H,11H2,1-3H3,(H,22,25). The second-order valence-electron chi connectivity index (χ2n) is 6.68. The lowest BCUT2D eigenvalue weighted by atomic mass is 10.1. The lowest BCUT2D eigenvalue weighted by molar-refractivity contribution is -0.127. The number of aryl methyl sites for hydroxylation is 3. The Bertz CT molecular complexity index is 1010. The first-order valence-electron chi connectivity index (χ1n) is 8.66. The molecule has 0 radical (unpaired) electrons. The number of aromatic hydroxyl groups is 1. The smallest absolute Gasteiger partial charge is 0.294 e. The molecule has 0 unspecified atom stereocenters. The Hall–Kier alpha value is -3.06. The van der Waals surface area contributed by atoms with Gasteiger partial charge in [-0.3, -0.25) is 19.3 Å². The van der Waals surface area contributed by atoms with E-state index in [4.69, 9.17) is 0 Å². The van der Waals surface area contributed by atoms with E-state index in [1.165, 1.54) is 12.1 Å². The molecule has 7 heteroatoms. The maximum Gasteiger partial charge on any atom is 0.294 e. The zero-order chi connectivity index (χ0) is 20.4. The van der Waals surface area contributed by atoms with Crippen molar-refractivity contribution in [3.05, 3.63) is 63.6 Å².